The van der Waals surface area contributed by atoms with Gasteiger partial charge < -0.3 is 10.0 Å². The van der Waals surface area contributed by atoms with E-state index in [2.05, 4.69) is 0 Å². The molecule has 0 aliphatic carbocycles. The number of hydrogen-bond acceptors (Lipinski definition) is 4. The summed E-state index contributed by atoms with van der Waals surface area (Å²) in [5.41, 5.74) is 2.21. The van der Waals surface area contributed by atoms with Crippen LogP contribution in [0.2, 0.25) is 0 Å². The predicted octanol–water partition coefficient (Wildman–Crippen LogP) is 5.10. The number of carbonyl (C=O) groups excluding carboxylic acids is 2. The number of carbonyl (C=O) groups is 3. The molecule has 0 radical (unpaired) electrons. The van der Waals surface area contributed by atoms with Crippen molar-refractivity contribution in [3.05, 3.63) is 41.5 Å². The summed E-state index contributed by atoms with van der Waals surface area (Å²) in [6.45, 7) is 0.446. The Balaban J connectivity index is 1.53. The fraction of sp³-hybridized carbons (Fsp3) is 0.480. The average Bonchev–Trinajstić information content (AvgIpc) is 2.74. The number of imide groups is 1. The molecule has 0 atom stereocenters. The number of amides is 2. The molecule has 0 aromatic heterocycles. The lowest BCUT2D eigenvalue weighted by atomic mass is 9.92. The summed E-state index contributed by atoms with van der Waals surface area (Å²) in [5.74, 6) is -1.12. The zero-order valence-electron chi connectivity index (χ0n) is 18.5. The Morgan fingerprint density at radius 3 is 2.03 bits per heavy atom. The van der Waals surface area contributed by atoms with Crippen LogP contribution >= 0.6 is 0 Å². The van der Waals surface area contributed by atoms with E-state index in [1.54, 1.807) is 0 Å². The molecule has 0 bridgehead atoms. The summed E-state index contributed by atoms with van der Waals surface area (Å²) >= 11 is 0. The summed E-state index contributed by atoms with van der Waals surface area (Å²) in [7, 11) is 3.91. The lowest BCUT2D eigenvalue weighted by Crippen LogP contribution is -2.41. The van der Waals surface area contributed by atoms with E-state index in [0.29, 0.717) is 17.7 Å². The summed E-state index contributed by atoms with van der Waals surface area (Å²) in [5, 5.41) is 10.3. The van der Waals surface area contributed by atoms with Crippen molar-refractivity contribution in [2.45, 2.75) is 57.8 Å². The number of rotatable bonds is 12. The summed E-state index contributed by atoms with van der Waals surface area (Å²) in [6.07, 6.45) is 8.07. The summed E-state index contributed by atoms with van der Waals surface area (Å²) < 4.78 is 0. The Labute approximate surface area is 183 Å². The maximum absolute atomic E-state index is 13.1. The fourth-order valence-corrected chi connectivity index (χ4v) is 4.33. The third-order valence-electron chi connectivity index (χ3n) is 5.97. The lowest BCUT2D eigenvalue weighted by Gasteiger charge is -2.28. The monoisotopic (exact) mass is 424 g/mol. The molecule has 0 saturated carbocycles. The smallest absolute Gasteiger partial charge is 0.303 e. The van der Waals surface area contributed by atoms with E-state index >= 15 is 0 Å². The lowest BCUT2D eigenvalue weighted by molar-refractivity contribution is -0.137. The number of unbranched alkanes of at least 4 members (excludes halogenated alkanes) is 7. The van der Waals surface area contributed by atoms with Gasteiger partial charge >= 0.3 is 5.97 Å². The first-order valence-electron chi connectivity index (χ1n) is 11.2. The van der Waals surface area contributed by atoms with Crippen molar-refractivity contribution in [1.82, 2.24) is 4.90 Å². The van der Waals surface area contributed by atoms with Crippen LogP contribution in [0.15, 0.2) is 30.3 Å². The molecule has 2 aromatic rings. The van der Waals surface area contributed by atoms with Gasteiger partial charge in [-0.25, -0.2) is 0 Å². The quantitative estimate of drug-likeness (QED) is 0.379. The van der Waals surface area contributed by atoms with Crippen molar-refractivity contribution in [2.24, 2.45) is 0 Å². The van der Waals surface area contributed by atoms with Crippen molar-refractivity contribution in [3.63, 3.8) is 0 Å². The number of nitrogens with zero attached hydrogens (tertiary/aromatic N) is 2. The number of hydrogen-bond donors (Lipinski definition) is 1. The van der Waals surface area contributed by atoms with E-state index < -0.39 is 5.97 Å². The molecule has 0 fully saturated rings. The van der Waals surface area contributed by atoms with Crippen molar-refractivity contribution < 1.29 is 19.5 Å². The van der Waals surface area contributed by atoms with Crippen LogP contribution in [0.5, 0.6) is 0 Å². The third-order valence-corrected chi connectivity index (χ3v) is 5.97. The van der Waals surface area contributed by atoms with Crippen LogP contribution in [0.3, 0.4) is 0 Å². The van der Waals surface area contributed by atoms with Gasteiger partial charge in [0.1, 0.15) is 0 Å². The molecular formula is C25H32N2O4. The maximum Gasteiger partial charge on any atom is 0.303 e. The number of anilines is 1. The third kappa shape index (κ3) is 5.24. The number of aliphatic carboxylic acids is 1. The molecule has 1 aliphatic rings. The number of carboxylic acids is 1. The van der Waals surface area contributed by atoms with Gasteiger partial charge in [-0.3, -0.25) is 19.3 Å². The van der Waals surface area contributed by atoms with Crippen molar-refractivity contribution in [2.75, 3.05) is 25.5 Å². The topological polar surface area (TPSA) is 77.9 Å². The molecule has 3 rings (SSSR count). The van der Waals surface area contributed by atoms with Gasteiger partial charge in [0, 0.05) is 54.6 Å². The van der Waals surface area contributed by atoms with Gasteiger partial charge in [0.25, 0.3) is 11.8 Å². The molecule has 1 aliphatic heterocycles. The number of carboxylic acid groups (broad SMARTS) is 1. The molecule has 1 N–H and O–H groups in total. The Hall–Kier alpha value is -2.89. The molecule has 166 valence electrons. The molecule has 0 saturated heterocycles. The maximum atomic E-state index is 13.1. The molecule has 1 heterocycles. The van der Waals surface area contributed by atoms with Crippen LogP contribution in [0.25, 0.3) is 10.8 Å². The fourth-order valence-electron chi connectivity index (χ4n) is 4.33. The summed E-state index contributed by atoms with van der Waals surface area (Å²) in [6, 6.07) is 9.46. The van der Waals surface area contributed by atoms with E-state index in [1.165, 1.54) is 4.90 Å². The molecule has 6 nitrogen and oxygen atoms in total. The Bertz CT molecular complexity index is 945. The minimum Gasteiger partial charge on any atom is -0.481 e. The van der Waals surface area contributed by atoms with Gasteiger partial charge in [0.15, 0.2) is 0 Å². The van der Waals surface area contributed by atoms with E-state index in [-0.39, 0.29) is 18.2 Å². The standard InChI is InChI=1S/C25H32N2O4/c1-26(2)21-16-15-20-23-18(21)12-11-13-19(23)24(30)27(25(20)31)17-10-8-6-4-3-5-7-9-14-22(28)29/h11-13,15-16H,3-10,14,17H2,1-2H3,(H,28,29). The van der Waals surface area contributed by atoms with Crippen LogP contribution in [-0.4, -0.2) is 48.4 Å². The van der Waals surface area contributed by atoms with Gasteiger partial charge in [-0.2, -0.15) is 0 Å². The second-order valence-corrected chi connectivity index (χ2v) is 8.49. The van der Waals surface area contributed by atoms with Crippen LogP contribution in [-0.2, 0) is 4.79 Å². The Kier molecular flexibility index (Phi) is 7.66. The average molecular weight is 425 g/mol. The van der Waals surface area contributed by atoms with Crippen LogP contribution in [0.4, 0.5) is 5.69 Å². The highest BCUT2D eigenvalue weighted by atomic mass is 16.4. The van der Waals surface area contributed by atoms with Crippen molar-refractivity contribution in [1.29, 1.82) is 0 Å². The van der Waals surface area contributed by atoms with Crippen LogP contribution in [0, 0.1) is 0 Å². The van der Waals surface area contributed by atoms with Gasteiger partial charge in [0.2, 0.25) is 0 Å². The van der Waals surface area contributed by atoms with Gasteiger partial charge in [0.05, 0.1) is 0 Å². The van der Waals surface area contributed by atoms with Crippen molar-refractivity contribution >= 4 is 34.2 Å². The predicted molar refractivity (Wildman–Crippen MR) is 123 cm³/mol. The van der Waals surface area contributed by atoms with E-state index in [9.17, 15) is 14.4 Å². The molecular weight excluding hydrogens is 392 g/mol. The van der Waals surface area contributed by atoms with Gasteiger partial charge in [-0.15, -0.1) is 0 Å². The van der Waals surface area contributed by atoms with Crippen LogP contribution < -0.4 is 4.90 Å². The normalized spacial score (nSPS) is 13.2. The van der Waals surface area contributed by atoms with E-state index in [1.807, 2.05) is 49.3 Å². The first-order chi connectivity index (χ1) is 14.9. The first kappa shape index (κ1) is 22.8. The SMILES string of the molecule is CN(C)c1ccc2c3c(cccc13)C(=O)N(CCCCCCCCCCC(=O)O)C2=O. The van der Waals surface area contributed by atoms with Crippen molar-refractivity contribution in [3.8, 4) is 0 Å². The first-order valence-corrected chi connectivity index (χ1v) is 11.2. The van der Waals surface area contributed by atoms with Gasteiger partial charge in [-0.1, -0.05) is 50.7 Å². The second-order valence-electron chi connectivity index (χ2n) is 8.49. The van der Waals surface area contributed by atoms with Crippen LogP contribution in [0.1, 0.15) is 78.5 Å². The molecule has 31 heavy (non-hydrogen) atoms. The highest BCUT2D eigenvalue weighted by molar-refractivity contribution is 6.26. The summed E-state index contributed by atoms with van der Waals surface area (Å²) in [4.78, 5) is 40.0. The molecule has 2 aromatic carbocycles. The largest absolute Gasteiger partial charge is 0.481 e. The minimum absolute atomic E-state index is 0.197. The zero-order valence-corrected chi connectivity index (χ0v) is 18.5. The molecule has 6 heteroatoms. The molecule has 0 spiro atoms. The van der Waals surface area contributed by atoms with E-state index in [0.717, 1.165) is 67.8 Å². The zero-order chi connectivity index (χ0) is 22.4. The Morgan fingerprint density at radius 1 is 0.839 bits per heavy atom. The highest BCUT2D eigenvalue weighted by Crippen LogP contribution is 2.35. The van der Waals surface area contributed by atoms with Gasteiger partial charge in [-0.05, 0) is 31.0 Å². The molecule has 2 amide bonds. The van der Waals surface area contributed by atoms with E-state index in [4.69, 9.17) is 5.11 Å². The highest BCUT2D eigenvalue weighted by Gasteiger charge is 2.32. The molecule has 0 unspecified atom stereocenters. The number of benzene rings is 2. The Morgan fingerprint density at radius 2 is 1.42 bits per heavy atom. The minimum atomic E-state index is -0.723. The second kappa shape index (κ2) is 10.4.